The first-order valence-corrected chi connectivity index (χ1v) is 2.91. The van der Waals surface area contributed by atoms with Gasteiger partial charge in [0, 0.05) is 6.42 Å². The molecule has 0 aliphatic heterocycles. The van der Waals surface area contributed by atoms with Crippen molar-refractivity contribution in [3.8, 4) is 0 Å². The van der Waals surface area contributed by atoms with Crippen LogP contribution in [0.2, 0.25) is 0 Å². The van der Waals surface area contributed by atoms with Gasteiger partial charge in [-0.25, -0.2) is 0 Å². The van der Waals surface area contributed by atoms with Crippen molar-refractivity contribution in [2.45, 2.75) is 12.5 Å². The number of aromatic amines is 1. The number of carboxylic acid groups (broad SMARTS) is 1. The molecule has 4 N–H and O–H groups in total. The van der Waals surface area contributed by atoms with Gasteiger partial charge in [0.2, 0.25) is 0 Å². The molecule has 60 valence electrons. The second-order valence-corrected chi connectivity index (χ2v) is 1.98. The van der Waals surface area contributed by atoms with E-state index in [0.717, 1.165) is 0 Å². The lowest BCUT2D eigenvalue weighted by molar-refractivity contribution is -0.138. The number of rotatable bonds is 3. The van der Waals surface area contributed by atoms with Crippen LogP contribution in [0.25, 0.3) is 0 Å². The minimum atomic E-state index is -1.07. The Morgan fingerprint density at radius 2 is 2.55 bits per heavy atom. The predicted molar refractivity (Wildman–Crippen MR) is 33.5 cm³/mol. The Morgan fingerprint density at radius 3 is 3.00 bits per heavy atom. The second-order valence-electron chi connectivity index (χ2n) is 1.98. The van der Waals surface area contributed by atoms with Crippen LogP contribution in [0.3, 0.4) is 0 Å². The Hall–Kier alpha value is -1.50. The topological polar surface area (TPSA) is 118 Å². The van der Waals surface area contributed by atoms with E-state index in [1.54, 1.807) is 0 Å². The molecule has 0 saturated heterocycles. The quantitative estimate of drug-likeness (QED) is 0.474. The van der Waals surface area contributed by atoms with Gasteiger partial charge < -0.3 is 10.8 Å². The maximum absolute atomic E-state index is 10.2. The SMILES string of the molecule is N[C@H](Cc1nn[nH]n1)C(=O)O. The largest absolute Gasteiger partial charge is 0.480 e. The lowest BCUT2D eigenvalue weighted by Crippen LogP contribution is -2.32. The number of nitrogens with two attached hydrogens (primary N) is 1. The minimum absolute atomic E-state index is 0.0891. The molecule has 0 saturated carbocycles. The maximum Gasteiger partial charge on any atom is 0.320 e. The third kappa shape index (κ3) is 1.97. The Balaban J connectivity index is 2.50. The summed E-state index contributed by atoms with van der Waals surface area (Å²) >= 11 is 0. The van der Waals surface area contributed by atoms with Crippen LogP contribution in [-0.4, -0.2) is 37.7 Å². The van der Waals surface area contributed by atoms with E-state index in [0.29, 0.717) is 5.82 Å². The highest BCUT2D eigenvalue weighted by molar-refractivity contribution is 5.73. The fourth-order valence-corrected chi connectivity index (χ4v) is 0.553. The van der Waals surface area contributed by atoms with E-state index >= 15 is 0 Å². The Morgan fingerprint density at radius 1 is 1.82 bits per heavy atom. The first-order valence-electron chi connectivity index (χ1n) is 2.91. The fourth-order valence-electron chi connectivity index (χ4n) is 0.553. The third-order valence-electron chi connectivity index (χ3n) is 1.11. The number of carboxylic acids is 1. The Labute approximate surface area is 61.6 Å². The van der Waals surface area contributed by atoms with Gasteiger partial charge in [0.1, 0.15) is 6.04 Å². The van der Waals surface area contributed by atoms with Crippen LogP contribution < -0.4 is 5.73 Å². The molecule has 0 radical (unpaired) electrons. The number of carbonyl (C=O) groups is 1. The molecule has 0 aromatic carbocycles. The molecule has 0 aliphatic rings. The zero-order chi connectivity index (χ0) is 8.27. The lowest BCUT2D eigenvalue weighted by atomic mass is 10.2. The zero-order valence-corrected chi connectivity index (χ0v) is 5.56. The number of tetrazole rings is 1. The van der Waals surface area contributed by atoms with Crippen LogP contribution in [-0.2, 0) is 11.2 Å². The Bertz CT molecular complexity index is 233. The number of hydrogen-bond acceptors (Lipinski definition) is 5. The molecule has 0 aliphatic carbocycles. The van der Waals surface area contributed by atoms with E-state index in [9.17, 15) is 4.79 Å². The van der Waals surface area contributed by atoms with Crippen molar-refractivity contribution in [1.82, 2.24) is 20.6 Å². The van der Waals surface area contributed by atoms with Crippen LogP contribution in [0.5, 0.6) is 0 Å². The predicted octanol–water partition coefficient (Wildman–Crippen LogP) is -1.85. The molecule has 0 bridgehead atoms. The molecular weight excluding hydrogens is 150 g/mol. The molecule has 1 heterocycles. The number of aromatic nitrogens is 4. The van der Waals surface area contributed by atoms with E-state index in [4.69, 9.17) is 10.8 Å². The normalized spacial score (nSPS) is 12.8. The smallest absolute Gasteiger partial charge is 0.320 e. The molecule has 0 amide bonds. The molecule has 1 aromatic rings. The van der Waals surface area contributed by atoms with Crippen LogP contribution in [0.1, 0.15) is 5.82 Å². The molecule has 1 aromatic heterocycles. The average molecular weight is 157 g/mol. The summed E-state index contributed by atoms with van der Waals surface area (Å²) in [5.74, 6) is -0.769. The van der Waals surface area contributed by atoms with Gasteiger partial charge in [-0.1, -0.05) is 5.21 Å². The van der Waals surface area contributed by atoms with Gasteiger partial charge in [0.15, 0.2) is 5.82 Å². The summed E-state index contributed by atoms with van der Waals surface area (Å²) in [6, 6.07) is -0.965. The zero-order valence-electron chi connectivity index (χ0n) is 5.56. The second kappa shape index (κ2) is 3.06. The van der Waals surface area contributed by atoms with Gasteiger partial charge in [-0.2, -0.15) is 5.21 Å². The molecule has 0 fully saturated rings. The molecule has 0 spiro atoms. The number of H-pyrrole nitrogens is 1. The maximum atomic E-state index is 10.2. The minimum Gasteiger partial charge on any atom is -0.480 e. The van der Waals surface area contributed by atoms with Crippen molar-refractivity contribution < 1.29 is 9.90 Å². The van der Waals surface area contributed by atoms with Crippen LogP contribution >= 0.6 is 0 Å². The van der Waals surface area contributed by atoms with Crippen molar-refractivity contribution in [2.24, 2.45) is 5.73 Å². The van der Waals surface area contributed by atoms with Gasteiger partial charge >= 0.3 is 5.97 Å². The van der Waals surface area contributed by atoms with Gasteiger partial charge in [-0.15, -0.1) is 10.2 Å². The standard InChI is InChI=1S/C4H7N5O2/c5-2(4(10)11)1-3-6-8-9-7-3/h2H,1,5H2,(H,10,11)(H,6,7,8,9)/t2-/m1/s1. The first-order chi connectivity index (χ1) is 5.20. The number of aliphatic carboxylic acids is 1. The van der Waals surface area contributed by atoms with Crippen molar-refractivity contribution in [3.63, 3.8) is 0 Å². The summed E-state index contributed by atoms with van der Waals surface area (Å²) < 4.78 is 0. The van der Waals surface area contributed by atoms with Gasteiger partial charge in [0.25, 0.3) is 0 Å². The summed E-state index contributed by atoms with van der Waals surface area (Å²) in [5.41, 5.74) is 5.19. The summed E-state index contributed by atoms with van der Waals surface area (Å²) in [6.45, 7) is 0. The summed E-state index contributed by atoms with van der Waals surface area (Å²) in [5, 5.41) is 20.9. The first kappa shape index (κ1) is 7.61. The highest BCUT2D eigenvalue weighted by atomic mass is 16.4. The van der Waals surface area contributed by atoms with E-state index in [1.165, 1.54) is 0 Å². The van der Waals surface area contributed by atoms with Gasteiger partial charge in [-0.3, -0.25) is 4.79 Å². The van der Waals surface area contributed by atoms with E-state index in [-0.39, 0.29) is 6.42 Å². The molecule has 1 atom stereocenters. The molecule has 0 unspecified atom stereocenters. The van der Waals surface area contributed by atoms with Crippen molar-refractivity contribution in [1.29, 1.82) is 0 Å². The van der Waals surface area contributed by atoms with Crippen molar-refractivity contribution in [3.05, 3.63) is 5.82 Å². The van der Waals surface area contributed by atoms with E-state index in [2.05, 4.69) is 20.6 Å². The molecule has 7 heteroatoms. The van der Waals surface area contributed by atoms with Crippen LogP contribution in [0.4, 0.5) is 0 Å². The monoisotopic (exact) mass is 157 g/mol. The molecule has 7 nitrogen and oxygen atoms in total. The van der Waals surface area contributed by atoms with Crippen molar-refractivity contribution >= 4 is 5.97 Å². The summed E-state index contributed by atoms with van der Waals surface area (Å²) in [4.78, 5) is 10.2. The van der Waals surface area contributed by atoms with Gasteiger partial charge in [-0.05, 0) is 0 Å². The van der Waals surface area contributed by atoms with Crippen molar-refractivity contribution in [2.75, 3.05) is 0 Å². The van der Waals surface area contributed by atoms with E-state index < -0.39 is 12.0 Å². The third-order valence-corrected chi connectivity index (χ3v) is 1.11. The number of nitrogens with one attached hydrogen (secondary N) is 1. The Kier molecular flexibility index (Phi) is 2.12. The van der Waals surface area contributed by atoms with E-state index in [1.807, 2.05) is 0 Å². The van der Waals surface area contributed by atoms with Crippen LogP contribution in [0, 0.1) is 0 Å². The lowest BCUT2D eigenvalue weighted by Gasteiger charge is -1.99. The average Bonchev–Trinajstić information content (AvgIpc) is 2.39. The van der Waals surface area contributed by atoms with Gasteiger partial charge in [0.05, 0.1) is 0 Å². The summed E-state index contributed by atoms with van der Waals surface area (Å²) in [7, 11) is 0. The molecular formula is C4H7N5O2. The molecule has 1 rings (SSSR count). The number of hydrogen-bond donors (Lipinski definition) is 3. The highest BCUT2D eigenvalue weighted by Crippen LogP contribution is 1.90. The molecule has 11 heavy (non-hydrogen) atoms. The fraction of sp³-hybridized carbons (Fsp3) is 0.500. The highest BCUT2D eigenvalue weighted by Gasteiger charge is 2.14. The van der Waals surface area contributed by atoms with Crippen LogP contribution in [0.15, 0.2) is 0 Å². The summed E-state index contributed by atoms with van der Waals surface area (Å²) in [6.07, 6.45) is 0.0891. The number of nitrogens with zero attached hydrogens (tertiary/aromatic N) is 3.